The Kier molecular flexibility index (Phi) is 3.08. The van der Waals surface area contributed by atoms with Crippen molar-refractivity contribution in [2.24, 2.45) is 0 Å². The fraction of sp³-hybridized carbons (Fsp3) is 0.471. The fourth-order valence-electron chi connectivity index (χ4n) is 3.73. The standard InChI is InChI=1S/C17H20N4/c18-9-11-5-6-15(20-12-7-8-19-10-12)16-13-3-1-2-4-14(13)21-17(11)16/h5-6,12,19-21H,1-4,7-8,10H2. The second kappa shape index (κ2) is 5.09. The van der Waals surface area contributed by atoms with Crippen molar-refractivity contribution in [1.29, 1.82) is 5.26 Å². The summed E-state index contributed by atoms with van der Waals surface area (Å²) in [6, 6.07) is 6.85. The first-order chi connectivity index (χ1) is 10.4. The number of hydrogen-bond donors (Lipinski definition) is 3. The molecule has 4 heteroatoms. The van der Waals surface area contributed by atoms with Crippen LogP contribution in [-0.2, 0) is 12.8 Å². The molecule has 1 aromatic carbocycles. The van der Waals surface area contributed by atoms with Gasteiger partial charge in [-0.2, -0.15) is 5.26 Å². The molecule has 21 heavy (non-hydrogen) atoms. The van der Waals surface area contributed by atoms with E-state index in [4.69, 9.17) is 0 Å². The van der Waals surface area contributed by atoms with Gasteiger partial charge < -0.3 is 15.6 Å². The van der Waals surface area contributed by atoms with Gasteiger partial charge in [0, 0.05) is 29.4 Å². The van der Waals surface area contributed by atoms with E-state index in [-0.39, 0.29) is 0 Å². The van der Waals surface area contributed by atoms with Gasteiger partial charge in [0.2, 0.25) is 0 Å². The maximum absolute atomic E-state index is 9.37. The second-order valence-corrected chi connectivity index (χ2v) is 6.15. The number of nitrogens with one attached hydrogen (secondary N) is 3. The van der Waals surface area contributed by atoms with Crippen LogP contribution in [0.5, 0.6) is 0 Å². The second-order valence-electron chi connectivity index (χ2n) is 6.15. The average molecular weight is 280 g/mol. The molecule has 0 amide bonds. The van der Waals surface area contributed by atoms with E-state index in [0.29, 0.717) is 6.04 Å². The summed E-state index contributed by atoms with van der Waals surface area (Å²) in [7, 11) is 0. The first-order valence-corrected chi connectivity index (χ1v) is 7.90. The van der Waals surface area contributed by atoms with E-state index in [1.165, 1.54) is 35.2 Å². The third kappa shape index (κ3) is 2.09. The molecular formula is C17H20N4. The molecule has 4 nitrogen and oxygen atoms in total. The fourth-order valence-corrected chi connectivity index (χ4v) is 3.73. The quantitative estimate of drug-likeness (QED) is 0.792. The topological polar surface area (TPSA) is 63.6 Å². The summed E-state index contributed by atoms with van der Waals surface area (Å²) >= 11 is 0. The minimum Gasteiger partial charge on any atom is -0.380 e. The molecule has 1 aromatic heterocycles. The highest BCUT2D eigenvalue weighted by Crippen LogP contribution is 2.36. The van der Waals surface area contributed by atoms with Gasteiger partial charge in [0.15, 0.2) is 0 Å². The van der Waals surface area contributed by atoms with E-state index >= 15 is 0 Å². The number of fused-ring (bicyclic) bond motifs is 3. The van der Waals surface area contributed by atoms with Gasteiger partial charge in [-0.05, 0) is 56.3 Å². The van der Waals surface area contributed by atoms with Crippen LogP contribution in [0, 0.1) is 11.3 Å². The molecule has 0 saturated carbocycles. The number of hydrogen-bond acceptors (Lipinski definition) is 3. The molecule has 1 atom stereocenters. The predicted octanol–water partition coefficient (Wildman–Crippen LogP) is 2.69. The number of nitrogens with zero attached hydrogens (tertiary/aromatic N) is 1. The van der Waals surface area contributed by atoms with Gasteiger partial charge in [0.25, 0.3) is 0 Å². The van der Waals surface area contributed by atoms with E-state index in [0.717, 1.165) is 43.4 Å². The Morgan fingerprint density at radius 2 is 2.14 bits per heavy atom. The number of aromatic amines is 1. The molecule has 0 spiro atoms. The van der Waals surface area contributed by atoms with Crippen molar-refractivity contribution in [3.8, 4) is 6.07 Å². The molecule has 2 aliphatic rings. The SMILES string of the molecule is N#Cc1ccc(NC2CCNC2)c2c3c([nH]c12)CCCC3. The summed E-state index contributed by atoms with van der Waals surface area (Å²) in [5.74, 6) is 0. The Morgan fingerprint density at radius 1 is 1.24 bits per heavy atom. The van der Waals surface area contributed by atoms with Gasteiger partial charge >= 0.3 is 0 Å². The van der Waals surface area contributed by atoms with Gasteiger partial charge in [-0.1, -0.05) is 0 Å². The third-order valence-corrected chi connectivity index (χ3v) is 4.79. The molecule has 1 unspecified atom stereocenters. The zero-order valence-electron chi connectivity index (χ0n) is 12.1. The van der Waals surface area contributed by atoms with Crippen LogP contribution in [0.4, 0.5) is 5.69 Å². The number of rotatable bonds is 2. The zero-order valence-corrected chi connectivity index (χ0v) is 12.1. The Morgan fingerprint density at radius 3 is 2.95 bits per heavy atom. The van der Waals surface area contributed by atoms with Crippen LogP contribution >= 0.6 is 0 Å². The van der Waals surface area contributed by atoms with Crippen molar-refractivity contribution in [3.63, 3.8) is 0 Å². The maximum Gasteiger partial charge on any atom is 0.101 e. The molecule has 1 aliphatic heterocycles. The molecule has 1 fully saturated rings. The van der Waals surface area contributed by atoms with Gasteiger partial charge in [-0.25, -0.2) is 0 Å². The van der Waals surface area contributed by atoms with Crippen LogP contribution in [0.1, 0.15) is 36.1 Å². The van der Waals surface area contributed by atoms with E-state index in [1.807, 2.05) is 6.07 Å². The predicted molar refractivity (Wildman–Crippen MR) is 84.6 cm³/mol. The van der Waals surface area contributed by atoms with Gasteiger partial charge in [0.1, 0.15) is 6.07 Å². The van der Waals surface area contributed by atoms with Crippen LogP contribution in [0.15, 0.2) is 12.1 Å². The molecule has 1 saturated heterocycles. The maximum atomic E-state index is 9.37. The van der Waals surface area contributed by atoms with Crippen molar-refractivity contribution >= 4 is 16.6 Å². The highest BCUT2D eigenvalue weighted by atomic mass is 15.0. The Balaban J connectivity index is 1.86. The van der Waals surface area contributed by atoms with Crippen molar-refractivity contribution in [2.75, 3.05) is 18.4 Å². The molecule has 0 radical (unpaired) electrons. The van der Waals surface area contributed by atoms with Gasteiger partial charge in [-0.3, -0.25) is 0 Å². The minimum atomic E-state index is 0.496. The van der Waals surface area contributed by atoms with Crippen LogP contribution in [0.25, 0.3) is 10.9 Å². The first-order valence-electron chi connectivity index (χ1n) is 7.90. The smallest absolute Gasteiger partial charge is 0.101 e. The van der Waals surface area contributed by atoms with Crippen molar-refractivity contribution in [2.45, 2.75) is 38.1 Å². The number of benzene rings is 1. The van der Waals surface area contributed by atoms with Crippen LogP contribution in [0.3, 0.4) is 0 Å². The van der Waals surface area contributed by atoms with Crippen LogP contribution in [0.2, 0.25) is 0 Å². The number of nitriles is 1. The molecule has 2 aromatic rings. The summed E-state index contributed by atoms with van der Waals surface area (Å²) in [6.07, 6.45) is 5.90. The third-order valence-electron chi connectivity index (χ3n) is 4.79. The molecule has 0 bridgehead atoms. The highest BCUT2D eigenvalue weighted by molar-refractivity contribution is 5.99. The molecule has 1 aliphatic carbocycles. The molecule has 3 N–H and O–H groups in total. The monoisotopic (exact) mass is 280 g/mol. The molecule has 4 rings (SSSR count). The Hall–Kier alpha value is -1.99. The van der Waals surface area contributed by atoms with Gasteiger partial charge in [-0.15, -0.1) is 0 Å². The van der Waals surface area contributed by atoms with Crippen molar-refractivity contribution < 1.29 is 0 Å². The number of anilines is 1. The van der Waals surface area contributed by atoms with Crippen molar-refractivity contribution in [1.82, 2.24) is 10.3 Å². The van der Waals surface area contributed by atoms with E-state index < -0.39 is 0 Å². The van der Waals surface area contributed by atoms with Gasteiger partial charge in [0.05, 0.1) is 11.1 Å². The number of H-pyrrole nitrogens is 1. The number of aryl methyl sites for hydroxylation is 2. The lowest BCUT2D eigenvalue weighted by Crippen LogP contribution is -2.22. The lowest BCUT2D eigenvalue weighted by molar-refractivity contribution is 0.680. The zero-order chi connectivity index (χ0) is 14.2. The van der Waals surface area contributed by atoms with Crippen molar-refractivity contribution in [3.05, 3.63) is 29.0 Å². The average Bonchev–Trinajstić information content (AvgIpc) is 3.14. The summed E-state index contributed by atoms with van der Waals surface area (Å²) in [5, 5.41) is 17.7. The van der Waals surface area contributed by atoms with E-state index in [1.54, 1.807) is 0 Å². The summed E-state index contributed by atoms with van der Waals surface area (Å²) in [5.41, 5.74) is 5.75. The number of aromatic nitrogens is 1. The molecule has 108 valence electrons. The minimum absolute atomic E-state index is 0.496. The van der Waals surface area contributed by atoms with E-state index in [2.05, 4.69) is 27.8 Å². The molecule has 2 heterocycles. The lowest BCUT2D eigenvalue weighted by Gasteiger charge is -2.16. The summed E-state index contributed by atoms with van der Waals surface area (Å²) in [6.45, 7) is 2.11. The van der Waals surface area contributed by atoms with Crippen LogP contribution in [-0.4, -0.2) is 24.1 Å². The van der Waals surface area contributed by atoms with E-state index in [9.17, 15) is 5.26 Å². The Labute approximate surface area is 124 Å². The first kappa shape index (κ1) is 12.7. The lowest BCUT2D eigenvalue weighted by atomic mass is 9.94. The summed E-state index contributed by atoms with van der Waals surface area (Å²) < 4.78 is 0. The Bertz CT molecular complexity index is 716. The molecular weight excluding hydrogens is 260 g/mol. The summed E-state index contributed by atoms with van der Waals surface area (Å²) in [4.78, 5) is 3.52. The highest BCUT2D eigenvalue weighted by Gasteiger charge is 2.22. The normalized spacial score (nSPS) is 21.2. The largest absolute Gasteiger partial charge is 0.380 e. The van der Waals surface area contributed by atoms with Crippen LogP contribution < -0.4 is 10.6 Å².